The average Bonchev–Trinajstić information content (AvgIpc) is 3.34. The van der Waals surface area contributed by atoms with Gasteiger partial charge in [0.1, 0.15) is 17.7 Å². The van der Waals surface area contributed by atoms with Crippen molar-refractivity contribution >= 4 is 23.4 Å². The SMILES string of the molecule is O=C1NCc2ccc(NC(=O)[C@@H]3C[C@@H]4CCCC[C@@H]4N3C(=O)c3ccc(F)cc3F)cc21. The van der Waals surface area contributed by atoms with Crippen LogP contribution in [0.15, 0.2) is 36.4 Å². The molecule has 3 aliphatic rings. The molecule has 0 unspecified atom stereocenters. The summed E-state index contributed by atoms with van der Waals surface area (Å²) in [7, 11) is 0. The molecule has 0 radical (unpaired) electrons. The van der Waals surface area contributed by atoms with E-state index >= 15 is 0 Å². The second-order valence-corrected chi connectivity index (χ2v) is 8.74. The number of hydrogen-bond donors (Lipinski definition) is 2. The smallest absolute Gasteiger partial charge is 0.257 e. The summed E-state index contributed by atoms with van der Waals surface area (Å²) in [5.41, 5.74) is 1.62. The summed E-state index contributed by atoms with van der Waals surface area (Å²) in [5, 5.41) is 5.57. The number of halogens is 2. The highest BCUT2D eigenvalue weighted by molar-refractivity contribution is 6.03. The van der Waals surface area contributed by atoms with Crippen LogP contribution in [0, 0.1) is 17.6 Å². The van der Waals surface area contributed by atoms with Gasteiger partial charge in [0, 0.05) is 29.9 Å². The molecular weight excluding hydrogens is 416 g/mol. The fourth-order valence-electron chi connectivity index (χ4n) is 5.30. The van der Waals surface area contributed by atoms with E-state index in [-0.39, 0.29) is 29.3 Å². The summed E-state index contributed by atoms with van der Waals surface area (Å²) < 4.78 is 27.8. The van der Waals surface area contributed by atoms with E-state index in [0.29, 0.717) is 30.3 Å². The fourth-order valence-corrected chi connectivity index (χ4v) is 5.30. The summed E-state index contributed by atoms with van der Waals surface area (Å²) >= 11 is 0. The van der Waals surface area contributed by atoms with Gasteiger partial charge in [-0.3, -0.25) is 14.4 Å². The summed E-state index contributed by atoms with van der Waals surface area (Å²) in [5.74, 6) is -2.67. The molecule has 0 bridgehead atoms. The van der Waals surface area contributed by atoms with Gasteiger partial charge in [-0.25, -0.2) is 8.78 Å². The number of carbonyl (C=O) groups is 3. The molecule has 2 N–H and O–H groups in total. The first kappa shape index (κ1) is 20.6. The van der Waals surface area contributed by atoms with Crippen LogP contribution in [0.5, 0.6) is 0 Å². The number of rotatable bonds is 3. The van der Waals surface area contributed by atoms with Crippen LogP contribution in [-0.2, 0) is 11.3 Å². The zero-order valence-corrected chi connectivity index (χ0v) is 17.4. The molecule has 0 aromatic heterocycles. The zero-order valence-electron chi connectivity index (χ0n) is 17.4. The lowest BCUT2D eigenvalue weighted by Gasteiger charge is -2.33. The molecule has 0 spiro atoms. The Kier molecular flexibility index (Phi) is 5.15. The first-order chi connectivity index (χ1) is 15.4. The summed E-state index contributed by atoms with van der Waals surface area (Å²) in [6, 6.07) is 7.10. The third-order valence-electron chi connectivity index (χ3n) is 6.85. The minimum absolute atomic E-state index is 0.151. The molecule has 5 rings (SSSR count). The number of fused-ring (bicyclic) bond motifs is 2. The molecule has 1 saturated carbocycles. The summed E-state index contributed by atoms with van der Waals surface area (Å²) in [6.45, 7) is 0.458. The van der Waals surface area contributed by atoms with Crippen molar-refractivity contribution in [2.24, 2.45) is 5.92 Å². The Morgan fingerprint density at radius 3 is 2.69 bits per heavy atom. The fraction of sp³-hybridized carbons (Fsp3) is 0.375. The molecule has 2 fully saturated rings. The van der Waals surface area contributed by atoms with Crippen LogP contribution in [0.2, 0.25) is 0 Å². The molecule has 32 heavy (non-hydrogen) atoms. The van der Waals surface area contributed by atoms with Crippen molar-refractivity contribution in [3.05, 3.63) is 64.7 Å². The molecule has 2 aliphatic heterocycles. The van der Waals surface area contributed by atoms with Crippen LogP contribution in [-0.4, -0.2) is 34.7 Å². The minimum atomic E-state index is -0.932. The van der Waals surface area contributed by atoms with Gasteiger partial charge >= 0.3 is 0 Å². The Labute approximate surface area is 184 Å². The molecule has 1 saturated heterocycles. The molecule has 3 amide bonds. The topological polar surface area (TPSA) is 78.5 Å². The number of nitrogens with zero attached hydrogens (tertiary/aromatic N) is 1. The lowest BCUT2D eigenvalue weighted by molar-refractivity contribution is -0.120. The lowest BCUT2D eigenvalue weighted by atomic mass is 9.84. The van der Waals surface area contributed by atoms with Crippen LogP contribution in [0.1, 0.15) is 58.4 Å². The normalized spacial score (nSPS) is 24.0. The number of hydrogen-bond acceptors (Lipinski definition) is 3. The maximum atomic E-state index is 14.4. The average molecular weight is 439 g/mol. The largest absolute Gasteiger partial charge is 0.348 e. The van der Waals surface area contributed by atoms with E-state index in [1.807, 2.05) is 0 Å². The van der Waals surface area contributed by atoms with Crippen molar-refractivity contribution in [3.63, 3.8) is 0 Å². The van der Waals surface area contributed by atoms with Crippen LogP contribution < -0.4 is 10.6 Å². The van der Waals surface area contributed by atoms with Crippen molar-refractivity contribution < 1.29 is 23.2 Å². The number of anilines is 1. The predicted molar refractivity (Wildman–Crippen MR) is 113 cm³/mol. The Hall–Kier alpha value is -3.29. The van der Waals surface area contributed by atoms with Crippen LogP contribution in [0.4, 0.5) is 14.5 Å². The molecule has 2 heterocycles. The third-order valence-corrected chi connectivity index (χ3v) is 6.85. The van der Waals surface area contributed by atoms with Gasteiger partial charge in [0.2, 0.25) is 5.91 Å². The molecule has 6 nitrogen and oxygen atoms in total. The van der Waals surface area contributed by atoms with E-state index < -0.39 is 23.6 Å². The lowest BCUT2D eigenvalue weighted by Crippen LogP contribution is -2.48. The molecule has 2 aromatic carbocycles. The second kappa shape index (κ2) is 8.00. The van der Waals surface area contributed by atoms with Gasteiger partial charge in [-0.05, 0) is 55.0 Å². The first-order valence-corrected chi connectivity index (χ1v) is 10.9. The van der Waals surface area contributed by atoms with Gasteiger partial charge in [0.05, 0.1) is 5.56 Å². The number of amides is 3. The number of benzene rings is 2. The standard InChI is InChI=1S/C24H23F2N3O3/c25-15-6-8-17(19(26)10-15)24(32)29-20-4-2-1-3-13(20)9-21(29)23(31)28-16-7-5-14-12-27-22(30)18(14)11-16/h5-8,10-11,13,20-21H,1-4,9,12H2,(H,27,30)(H,28,31)/t13-,20-,21-/m0/s1. The Balaban J connectivity index is 1.43. The van der Waals surface area contributed by atoms with E-state index in [2.05, 4.69) is 10.6 Å². The van der Waals surface area contributed by atoms with Gasteiger partial charge in [-0.2, -0.15) is 0 Å². The van der Waals surface area contributed by atoms with Gasteiger partial charge in [0.25, 0.3) is 11.8 Å². The number of likely N-dealkylation sites (tertiary alicyclic amines) is 1. The summed E-state index contributed by atoms with van der Waals surface area (Å²) in [4.78, 5) is 40.0. The Bertz CT molecular complexity index is 1120. The van der Waals surface area contributed by atoms with Crippen molar-refractivity contribution in [1.29, 1.82) is 0 Å². The Morgan fingerprint density at radius 2 is 1.88 bits per heavy atom. The molecule has 2 aromatic rings. The molecule has 166 valence electrons. The van der Waals surface area contributed by atoms with Crippen molar-refractivity contribution in [2.75, 3.05) is 5.32 Å². The van der Waals surface area contributed by atoms with Gasteiger partial charge in [0.15, 0.2) is 0 Å². The molecule has 8 heteroatoms. The first-order valence-electron chi connectivity index (χ1n) is 10.9. The number of nitrogens with one attached hydrogen (secondary N) is 2. The van der Waals surface area contributed by atoms with Crippen LogP contribution in [0.3, 0.4) is 0 Å². The van der Waals surface area contributed by atoms with Crippen LogP contribution >= 0.6 is 0 Å². The van der Waals surface area contributed by atoms with E-state index in [9.17, 15) is 23.2 Å². The van der Waals surface area contributed by atoms with Gasteiger partial charge in [-0.1, -0.05) is 18.9 Å². The van der Waals surface area contributed by atoms with E-state index in [1.165, 1.54) is 4.90 Å². The van der Waals surface area contributed by atoms with E-state index in [1.54, 1.807) is 18.2 Å². The predicted octanol–water partition coefficient (Wildman–Crippen LogP) is 3.62. The molecule has 3 atom stereocenters. The maximum absolute atomic E-state index is 14.4. The van der Waals surface area contributed by atoms with E-state index in [4.69, 9.17) is 0 Å². The second-order valence-electron chi connectivity index (χ2n) is 8.74. The van der Waals surface area contributed by atoms with Crippen molar-refractivity contribution in [2.45, 2.75) is 50.7 Å². The quantitative estimate of drug-likeness (QED) is 0.767. The molecular formula is C24H23F2N3O3. The Morgan fingerprint density at radius 1 is 1.06 bits per heavy atom. The van der Waals surface area contributed by atoms with Crippen molar-refractivity contribution in [3.8, 4) is 0 Å². The van der Waals surface area contributed by atoms with Gasteiger partial charge < -0.3 is 15.5 Å². The monoisotopic (exact) mass is 439 g/mol. The highest BCUT2D eigenvalue weighted by atomic mass is 19.1. The third kappa shape index (κ3) is 3.53. The minimum Gasteiger partial charge on any atom is -0.348 e. The highest BCUT2D eigenvalue weighted by Crippen LogP contribution is 2.41. The summed E-state index contributed by atoms with van der Waals surface area (Å²) in [6.07, 6.45) is 4.12. The molecule has 1 aliphatic carbocycles. The highest BCUT2D eigenvalue weighted by Gasteiger charge is 2.48. The van der Waals surface area contributed by atoms with E-state index in [0.717, 1.165) is 43.4 Å². The maximum Gasteiger partial charge on any atom is 0.257 e. The zero-order chi connectivity index (χ0) is 22.4. The van der Waals surface area contributed by atoms with Crippen molar-refractivity contribution in [1.82, 2.24) is 10.2 Å². The van der Waals surface area contributed by atoms with Gasteiger partial charge in [-0.15, -0.1) is 0 Å². The van der Waals surface area contributed by atoms with Crippen LogP contribution in [0.25, 0.3) is 0 Å². The number of carbonyl (C=O) groups excluding carboxylic acids is 3.